The Morgan fingerprint density at radius 2 is 1.89 bits per heavy atom. The summed E-state index contributed by atoms with van der Waals surface area (Å²) >= 11 is 0. The first-order chi connectivity index (χ1) is 8.90. The number of nitrogen functional groups attached to an aromatic ring is 1. The van der Waals surface area contributed by atoms with Crippen molar-refractivity contribution in [2.75, 3.05) is 25.9 Å². The van der Waals surface area contributed by atoms with Gasteiger partial charge in [-0.2, -0.15) is 0 Å². The summed E-state index contributed by atoms with van der Waals surface area (Å²) in [6.45, 7) is 6.03. The number of nitrogens with zero attached hydrogens (tertiary/aromatic N) is 1. The van der Waals surface area contributed by atoms with Crippen LogP contribution in [-0.2, 0) is 4.79 Å². The predicted octanol–water partition coefficient (Wildman–Crippen LogP) is 1.03. The first kappa shape index (κ1) is 14.8. The van der Waals surface area contributed by atoms with Crippen LogP contribution in [0.3, 0.4) is 0 Å². The molecule has 19 heavy (non-hydrogen) atoms. The number of hydrogen-bond acceptors (Lipinski definition) is 3. The summed E-state index contributed by atoms with van der Waals surface area (Å²) in [4.78, 5) is 25.0. The minimum absolute atomic E-state index is 0.0347. The molecule has 0 aliphatic heterocycles. The molecule has 1 aromatic carbocycles. The van der Waals surface area contributed by atoms with Crippen LogP contribution in [0.2, 0.25) is 0 Å². The van der Waals surface area contributed by atoms with Gasteiger partial charge in [0.05, 0.1) is 6.54 Å². The Morgan fingerprint density at radius 1 is 1.32 bits per heavy atom. The normalized spacial score (nSPS) is 9.79. The number of amides is 2. The van der Waals surface area contributed by atoms with Crippen LogP contribution in [0.4, 0.5) is 5.69 Å². The lowest BCUT2D eigenvalue weighted by molar-refractivity contribution is -0.128. The SMILES string of the molecule is C=C(C)CN(C)C(=O)CNC(=O)c1ccc(N)cc1. The Hall–Kier alpha value is -2.30. The van der Waals surface area contributed by atoms with Crippen molar-refractivity contribution in [1.82, 2.24) is 10.2 Å². The van der Waals surface area contributed by atoms with Gasteiger partial charge in [0.15, 0.2) is 0 Å². The molecule has 0 spiro atoms. The van der Waals surface area contributed by atoms with Crippen molar-refractivity contribution in [3.8, 4) is 0 Å². The first-order valence-electron chi connectivity index (χ1n) is 5.92. The summed E-state index contributed by atoms with van der Waals surface area (Å²) in [5, 5.41) is 2.57. The molecule has 0 fully saturated rings. The van der Waals surface area contributed by atoms with E-state index in [1.807, 2.05) is 6.92 Å². The van der Waals surface area contributed by atoms with E-state index in [0.29, 0.717) is 17.8 Å². The molecule has 0 aliphatic rings. The standard InChI is InChI=1S/C14H19N3O2/c1-10(2)9-17(3)13(18)8-16-14(19)11-4-6-12(15)7-5-11/h4-7H,1,8-9,15H2,2-3H3,(H,16,19). The highest BCUT2D eigenvalue weighted by Gasteiger charge is 2.11. The Balaban J connectivity index is 2.48. The molecular weight excluding hydrogens is 242 g/mol. The molecule has 1 rings (SSSR count). The number of nitrogens with one attached hydrogen (secondary N) is 1. The molecular formula is C14H19N3O2. The van der Waals surface area contributed by atoms with E-state index in [4.69, 9.17) is 5.73 Å². The molecule has 1 aromatic rings. The lowest BCUT2D eigenvalue weighted by atomic mass is 10.2. The molecule has 0 heterocycles. The van der Waals surface area contributed by atoms with Gasteiger partial charge in [0.1, 0.15) is 0 Å². The maximum absolute atomic E-state index is 11.8. The highest BCUT2D eigenvalue weighted by atomic mass is 16.2. The Kier molecular flexibility index (Phi) is 5.11. The fourth-order valence-corrected chi connectivity index (χ4v) is 1.52. The van der Waals surface area contributed by atoms with Gasteiger partial charge in [-0.25, -0.2) is 0 Å². The Labute approximate surface area is 113 Å². The van der Waals surface area contributed by atoms with E-state index >= 15 is 0 Å². The van der Waals surface area contributed by atoms with E-state index in [2.05, 4.69) is 11.9 Å². The lowest BCUT2D eigenvalue weighted by Gasteiger charge is -2.17. The van der Waals surface area contributed by atoms with Crippen LogP contribution in [-0.4, -0.2) is 36.9 Å². The van der Waals surface area contributed by atoms with Crippen molar-refractivity contribution in [2.24, 2.45) is 0 Å². The molecule has 0 radical (unpaired) electrons. The van der Waals surface area contributed by atoms with Crippen LogP contribution in [0.15, 0.2) is 36.4 Å². The van der Waals surface area contributed by atoms with Gasteiger partial charge in [-0.1, -0.05) is 12.2 Å². The number of anilines is 1. The summed E-state index contributed by atoms with van der Waals surface area (Å²) < 4.78 is 0. The summed E-state index contributed by atoms with van der Waals surface area (Å²) in [6, 6.07) is 6.52. The van der Waals surface area contributed by atoms with Gasteiger partial charge in [-0.05, 0) is 31.2 Å². The monoisotopic (exact) mass is 261 g/mol. The van der Waals surface area contributed by atoms with E-state index in [9.17, 15) is 9.59 Å². The molecule has 0 saturated heterocycles. The van der Waals surface area contributed by atoms with Gasteiger partial charge >= 0.3 is 0 Å². The zero-order chi connectivity index (χ0) is 14.4. The quantitative estimate of drug-likeness (QED) is 0.614. The zero-order valence-corrected chi connectivity index (χ0v) is 11.3. The molecule has 102 valence electrons. The number of benzene rings is 1. The summed E-state index contributed by atoms with van der Waals surface area (Å²) in [5.74, 6) is -0.455. The number of nitrogens with two attached hydrogens (primary N) is 1. The fourth-order valence-electron chi connectivity index (χ4n) is 1.52. The minimum atomic E-state index is -0.294. The van der Waals surface area contributed by atoms with E-state index < -0.39 is 0 Å². The minimum Gasteiger partial charge on any atom is -0.399 e. The predicted molar refractivity (Wildman–Crippen MR) is 75.6 cm³/mol. The maximum atomic E-state index is 11.8. The topological polar surface area (TPSA) is 75.4 Å². The van der Waals surface area contributed by atoms with Gasteiger partial charge in [-0.3, -0.25) is 9.59 Å². The van der Waals surface area contributed by atoms with Crippen molar-refractivity contribution in [3.05, 3.63) is 42.0 Å². The number of hydrogen-bond donors (Lipinski definition) is 2. The van der Waals surface area contributed by atoms with Crippen LogP contribution in [0.1, 0.15) is 17.3 Å². The largest absolute Gasteiger partial charge is 0.399 e. The molecule has 3 N–H and O–H groups in total. The first-order valence-corrected chi connectivity index (χ1v) is 5.92. The molecule has 0 aromatic heterocycles. The number of likely N-dealkylation sites (N-methyl/N-ethyl adjacent to an activating group) is 1. The van der Waals surface area contributed by atoms with Crippen LogP contribution in [0, 0.1) is 0 Å². The van der Waals surface area contributed by atoms with Crippen molar-refractivity contribution < 1.29 is 9.59 Å². The molecule has 0 aliphatic carbocycles. The second kappa shape index (κ2) is 6.58. The van der Waals surface area contributed by atoms with Crippen LogP contribution in [0.25, 0.3) is 0 Å². The number of carbonyl (C=O) groups is 2. The van der Waals surface area contributed by atoms with E-state index in [-0.39, 0.29) is 18.4 Å². The van der Waals surface area contributed by atoms with Gasteiger partial charge in [-0.15, -0.1) is 0 Å². The number of carbonyl (C=O) groups excluding carboxylic acids is 2. The van der Waals surface area contributed by atoms with Crippen LogP contribution < -0.4 is 11.1 Å². The summed E-state index contributed by atoms with van der Waals surface area (Å²) in [5.41, 5.74) is 7.49. The van der Waals surface area contributed by atoms with Crippen molar-refractivity contribution in [3.63, 3.8) is 0 Å². The molecule has 0 saturated carbocycles. The second-order valence-electron chi connectivity index (χ2n) is 4.51. The number of rotatable bonds is 5. The zero-order valence-electron chi connectivity index (χ0n) is 11.3. The summed E-state index contributed by atoms with van der Waals surface area (Å²) in [6.07, 6.45) is 0. The van der Waals surface area contributed by atoms with E-state index in [1.54, 1.807) is 31.3 Å². The average Bonchev–Trinajstić information content (AvgIpc) is 2.35. The molecule has 0 bridgehead atoms. The molecule has 5 nitrogen and oxygen atoms in total. The third kappa shape index (κ3) is 4.83. The van der Waals surface area contributed by atoms with Gasteiger partial charge in [0, 0.05) is 24.8 Å². The second-order valence-corrected chi connectivity index (χ2v) is 4.51. The Bertz CT molecular complexity index is 480. The van der Waals surface area contributed by atoms with Crippen LogP contribution >= 0.6 is 0 Å². The van der Waals surface area contributed by atoms with E-state index in [0.717, 1.165) is 5.57 Å². The summed E-state index contributed by atoms with van der Waals surface area (Å²) in [7, 11) is 1.67. The van der Waals surface area contributed by atoms with E-state index in [1.165, 1.54) is 4.90 Å². The molecule has 5 heteroatoms. The third-order valence-electron chi connectivity index (χ3n) is 2.51. The molecule has 0 unspecified atom stereocenters. The fraction of sp³-hybridized carbons (Fsp3) is 0.286. The van der Waals surface area contributed by atoms with Crippen molar-refractivity contribution >= 4 is 17.5 Å². The van der Waals surface area contributed by atoms with Crippen molar-refractivity contribution in [2.45, 2.75) is 6.92 Å². The Morgan fingerprint density at radius 3 is 2.42 bits per heavy atom. The third-order valence-corrected chi connectivity index (χ3v) is 2.51. The highest BCUT2D eigenvalue weighted by molar-refractivity contribution is 5.96. The average molecular weight is 261 g/mol. The van der Waals surface area contributed by atoms with Gasteiger partial charge in [0.2, 0.25) is 5.91 Å². The van der Waals surface area contributed by atoms with Gasteiger partial charge in [0.25, 0.3) is 5.91 Å². The lowest BCUT2D eigenvalue weighted by Crippen LogP contribution is -2.38. The smallest absolute Gasteiger partial charge is 0.251 e. The molecule has 2 amide bonds. The van der Waals surface area contributed by atoms with Gasteiger partial charge < -0.3 is 16.0 Å². The van der Waals surface area contributed by atoms with Crippen molar-refractivity contribution in [1.29, 1.82) is 0 Å². The molecule has 0 atom stereocenters. The van der Waals surface area contributed by atoms with Crippen LogP contribution in [0.5, 0.6) is 0 Å². The highest BCUT2D eigenvalue weighted by Crippen LogP contribution is 2.05. The maximum Gasteiger partial charge on any atom is 0.251 e.